The number of benzene rings is 2. The molecular formula is C24H23ClN2O2S. The standard InChI is InChI=1S/C24H23ClN2O2S/c1-15-5-9-18(10-6-15)27-22(28)12-11-19(23(27)21-4-3-13-30-21)24(29)26-17-8-7-16(2)20(25)14-17/h3-10,13-14,19,23H,11-12H2,1-2H3,(H,26,29)/t19-,23-/m1/s1. The van der Waals surface area contributed by atoms with Gasteiger partial charge in [-0.25, -0.2) is 0 Å². The smallest absolute Gasteiger partial charge is 0.229 e. The van der Waals surface area contributed by atoms with E-state index >= 15 is 0 Å². The number of piperidine rings is 1. The maximum absolute atomic E-state index is 13.3. The highest BCUT2D eigenvalue weighted by atomic mass is 35.5. The molecule has 4 rings (SSSR count). The Morgan fingerprint density at radius 1 is 1.13 bits per heavy atom. The Morgan fingerprint density at radius 3 is 2.57 bits per heavy atom. The van der Waals surface area contributed by atoms with Gasteiger partial charge < -0.3 is 10.2 Å². The molecule has 0 radical (unpaired) electrons. The zero-order valence-corrected chi connectivity index (χ0v) is 18.5. The quantitative estimate of drug-likeness (QED) is 0.531. The van der Waals surface area contributed by atoms with E-state index in [1.165, 1.54) is 0 Å². The van der Waals surface area contributed by atoms with Crippen molar-refractivity contribution in [2.24, 2.45) is 5.92 Å². The van der Waals surface area contributed by atoms with E-state index in [2.05, 4.69) is 5.32 Å². The van der Waals surface area contributed by atoms with E-state index in [-0.39, 0.29) is 23.8 Å². The molecule has 3 aromatic rings. The van der Waals surface area contributed by atoms with E-state index < -0.39 is 0 Å². The summed E-state index contributed by atoms with van der Waals surface area (Å²) in [4.78, 5) is 29.1. The summed E-state index contributed by atoms with van der Waals surface area (Å²) >= 11 is 7.80. The molecule has 2 atom stereocenters. The van der Waals surface area contributed by atoms with Crippen LogP contribution in [0.5, 0.6) is 0 Å². The fourth-order valence-corrected chi connectivity index (χ4v) is 4.93. The van der Waals surface area contributed by atoms with Crippen LogP contribution < -0.4 is 10.2 Å². The van der Waals surface area contributed by atoms with Crippen LogP contribution in [0.15, 0.2) is 60.0 Å². The number of rotatable bonds is 4. The van der Waals surface area contributed by atoms with Crippen molar-refractivity contribution in [2.75, 3.05) is 10.2 Å². The van der Waals surface area contributed by atoms with E-state index in [4.69, 9.17) is 11.6 Å². The van der Waals surface area contributed by atoms with E-state index in [0.717, 1.165) is 21.7 Å². The Hall–Kier alpha value is -2.63. The Labute approximate surface area is 185 Å². The molecule has 1 saturated heterocycles. The summed E-state index contributed by atoms with van der Waals surface area (Å²) in [6, 6.07) is 17.0. The summed E-state index contributed by atoms with van der Waals surface area (Å²) in [5.74, 6) is -0.416. The van der Waals surface area contributed by atoms with Gasteiger partial charge in [-0.05, 0) is 61.5 Å². The predicted molar refractivity (Wildman–Crippen MR) is 123 cm³/mol. The molecule has 2 heterocycles. The molecule has 0 aliphatic carbocycles. The largest absolute Gasteiger partial charge is 0.326 e. The number of aryl methyl sites for hydroxylation is 2. The summed E-state index contributed by atoms with van der Waals surface area (Å²) in [7, 11) is 0. The molecule has 0 saturated carbocycles. The van der Waals surface area contributed by atoms with Crippen molar-refractivity contribution in [1.29, 1.82) is 0 Å². The second-order valence-electron chi connectivity index (χ2n) is 7.66. The van der Waals surface area contributed by atoms with Crippen LogP contribution in [-0.4, -0.2) is 11.8 Å². The molecule has 1 aromatic heterocycles. The molecule has 2 amide bonds. The summed E-state index contributed by atoms with van der Waals surface area (Å²) in [6.07, 6.45) is 0.845. The van der Waals surface area contributed by atoms with Crippen molar-refractivity contribution in [3.8, 4) is 0 Å². The Bertz CT molecular complexity index is 1060. The van der Waals surface area contributed by atoms with Crippen molar-refractivity contribution >= 4 is 46.1 Å². The number of nitrogens with one attached hydrogen (secondary N) is 1. The van der Waals surface area contributed by atoms with Gasteiger partial charge in [-0.15, -0.1) is 11.3 Å². The minimum absolute atomic E-state index is 0.0414. The van der Waals surface area contributed by atoms with E-state index in [1.807, 2.05) is 67.8 Å². The maximum Gasteiger partial charge on any atom is 0.229 e. The lowest BCUT2D eigenvalue weighted by Crippen LogP contribution is -2.46. The zero-order valence-electron chi connectivity index (χ0n) is 16.9. The SMILES string of the molecule is Cc1ccc(N2C(=O)CC[C@@H](C(=O)Nc3ccc(C)c(Cl)c3)[C@@H]2c2cccs2)cc1. The first-order valence-electron chi connectivity index (χ1n) is 9.93. The first kappa shape index (κ1) is 20.6. The van der Waals surface area contributed by atoms with Crippen LogP contribution in [0.4, 0.5) is 11.4 Å². The number of hydrogen-bond donors (Lipinski definition) is 1. The van der Waals surface area contributed by atoms with Gasteiger partial charge in [0, 0.05) is 27.7 Å². The van der Waals surface area contributed by atoms with Gasteiger partial charge in [0.2, 0.25) is 11.8 Å². The van der Waals surface area contributed by atoms with Gasteiger partial charge >= 0.3 is 0 Å². The van der Waals surface area contributed by atoms with Crippen LogP contribution in [0.2, 0.25) is 5.02 Å². The second-order valence-corrected chi connectivity index (χ2v) is 9.04. The van der Waals surface area contributed by atoms with E-state index in [9.17, 15) is 9.59 Å². The molecule has 154 valence electrons. The lowest BCUT2D eigenvalue weighted by Gasteiger charge is -2.40. The van der Waals surface area contributed by atoms with E-state index in [0.29, 0.717) is 23.6 Å². The molecule has 1 N–H and O–H groups in total. The first-order chi connectivity index (χ1) is 14.4. The van der Waals surface area contributed by atoms with Gasteiger partial charge in [0.1, 0.15) is 0 Å². The molecule has 1 aliphatic heterocycles. The highest BCUT2D eigenvalue weighted by Gasteiger charge is 2.42. The highest BCUT2D eigenvalue weighted by Crippen LogP contribution is 2.42. The van der Waals surface area contributed by atoms with Crippen LogP contribution in [-0.2, 0) is 9.59 Å². The Morgan fingerprint density at radius 2 is 1.90 bits per heavy atom. The van der Waals surface area contributed by atoms with Gasteiger partial charge in [0.25, 0.3) is 0 Å². The molecule has 0 spiro atoms. The molecule has 1 aliphatic rings. The van der Waals surface area contributed by atoms with Gasteiger partial charge in [0.05, 0.1) is 12.0 Å². The normalized spacial score (nSPS) is 19.0. The van der Waals surface area contributed by atoms with E-state index in [1.54, 1.807) is 22.3 Å². The monoisotopic (exact) mass is 438 g/mol. The van der Waals surface area contributed by atoms with Crippen molar-refractivity contribution in [3.63, 3.8) is 0 Å². The summed E-state index contributed by atoms with van der Waals surface area (Å²) in [6.45, 7) is 3.94. The van der Waals surface area contributed by atoms with Crippen molar-refractivity contribution in [2.45, 2.75) is 32.7 Å². The molecule has 30 heavy (non-hydrogen) atoms. The number of halogens is 1. The fraction of sp³-hybridized carbons (Fsp3) is 0.250. The average Bonchev–Trinajstić information content (AvgIpc) is 3.26. The molecule has 6 heteroatoms. The first-order valence-corrected chi connectivity index (χ1v) is 11.2. The number of amides is 2. The Balaban J connectivity index is 1.68. The molecule has 0 unspecified atom stereocenters. The third-order valence-corrected chi connectivity index (χ3v) is 6.87. The fourth-order valence-electron chi connectivity index (χ4n) is 3.87. The van der Waals surface area contributed by atoms with Crippen molar-refractivity contribution < 1.29 is 9.59 Å². The lowest BCUT2D eigenvalue weighted by atomic mass is 9.86. The lowest BCUT2D eigenvalue weighted by molar-refractivity contribution is -0.125. The van der Waals surface area contributed by atoms with Crippen LogP contribution in [0.3, 0.4) is 0 Å². The van der Waals surface area contributed by atoms with Crippen LogP contribution in [0.25, 0.3) is 0 Å². The number of carbonyl (C=O) groups excluding carboxylic acids is 2. The molecule has 4 nitrogen and oxygen atoms in total. The van der Waals surface area contributed by atoms with Gasteiger partial charge in [-0.1, -0.05) is 41.4 Å². The number of hydrogen-bond acceptors (Lipinski definition) is 3. The van der Waals surface area contributed by atoms with Crippen molar-refractivity contribution in [1.82, 2.24) is 0 Å². The number of nitrogens with zero attached hydrogens (tertiary/aromatic N) is 1. The minimum Gasteiger partial charge on any atom is -0.326 e. The maximum atomic E-state index is 13.3. The van der Waals surface area contributed by atoms with Gasteiger partial charge in [0.15, 0.2) is 0 Å². The number of thiophene rings is 1. The van der Waals surface area contributed by atoms with Crippen LogP contribution >= 0.6 is 22.9 Å². The molecule has 0 bridgehead atoms. The van der Waals surface area contributed by atoms with Crippen LogP contribution in [0, 0.1) is 19.8 Å². The molecular weight excluding hydrogens is 416 g/mol. The average molecular weight is 439 g/mol. The third kappa shape index (κ3) is 4.13. The zero-order chi connectivity index (χ0) is 21.3. The highest BCUT2D eigenvalue weighted by molar-refractivity contribution is 7.10. The van der Waals surface area contributed by atoms with Crippen LogP contribution in [0.1, 0.15) is 34.9 Å². The predicted octanol–water partition coefficient (Wildman–Crippen LogP) is 6.14. The number of anilines is 2. The number of carbonyl (C=O) groups is 2. The Kier molecular flexibility index (Phi) is 5.93. The molecule has 1 fully saturated rings. The van der Waals surface area contributed by atoms with Gasteiger partial charge in [-0.3, -0.25) is 9.59 Å². The molecule has 2 aromatic carbocycles. The summed E-state index contributed by atoms with van der Waals surface area (Å²) in [5.41, 5.74) is 3.57. The van der Waals surface area contributed by atoms with Crippen molar-refractivity contribution in [3.05, 3.63) is 81.0 Å². The summed E-state index contributed by atoms with van der Waals surface area (Å²) < 4.78 is 0. The third-order valence-electron chi connectivity index (χ3n) is 5.52. The summed E-state index contributed by atoms with van der Waals surface area (Å²) in [5, 5.41) is 5.61. The topological polar surface area (TPSA) is 49.4 Å². The van der Waals surface area contributed by atoms with Gasteiger partial charge in [-0.2, -0.15) is 0 Å². The second kappa shape index (κ2) is 8.62. The minimum atomic E-state index is -0.359.